The first-order valence-corrected chi connectivity index (χ1v) is 10.4. The molecular formula is C22H20ClN5O. The minimum absolute atomic E-state index is 0.377. The molecule has 146 valence electrons. The highest BCUT2D eigenvalue weighted by Gasteiger charge is 2.42. The van der Waals surface area contributed by atoms with Crippen molar-refractivity contribution in [3.63, 3.8) is 0 Å². The summed E-state index contributed by atoms with van der Waals surface area (Å²) in [5, 5.41) is 6.10. The van der Waals surface area contributed by atoms with Gasteiger partial charge in [0.1, 0.15) is 0 Å². The van der Waals surface area contributed by atoms with E-state index in [-0.39, 0.29) is 0 Å². The quantitative estimate of drug-likeness (QED) is 0.515. The summed E-state index contributed by atoms with van der Waals surface area (Å²) < 4.78 is 7.31. The number of halogens is 1. The Morgan fingerprint density at radius 1 is 0.966 bits per heavy atom. The van der Waals surface area contributed by atoms with Gasteiger partial charge in [0.15, 0.2) is 10.8 Å². The van der Waals surface area contributed by atoms with Crippen LogP contribution in [0.15, 0.2) is 48.7 Å². The van der Waals surface area contributed by atoms with Crippen LogP contribution in [0.4, 0.5) is 5.69 Å². The SMILES string of the molecule is Clc1cc(N2CCOCC2)c2nc([C@H]3C[C@H]3c3ccc4ccccc4n3)cn2n1. The molecule has 1 saturated carbocycles. The summed E-state index contributed by atoms with van der Waals surface area (Å²) in [6, 6.07) is 14.5. The molecule has 6 nitrogen and oxygen atoms in total. The maximum absolute atomic E-state index is 6.30. The lowest BCUT2D eigenvalue weighted by Gasteiger charge is -2.28. The number of nitrogens with zero attached hydrogens (tertiary/aromatic N) is 5. The van der Waals surface area contributed by atoms with Crippen molar-refractivity contribution < 1.29 is 4.74 Å². The predicted molar refractivity (Wildman–Crippen MR) is 113 cm³/mol. The first kappa shape index (κ1) is 17.2. The van der Waals surface area contributed by atoms with Crippen LogP contribution in [0.2, 0.25) is 5.15 Å². The molecule has 0 spiro atoms. The average Bonchev–Trinajstić information content (AvgIpc) is 3.45. The Morgan fingerprint density at radius 2 is 1.79 bits per heavy atom. The Morgan fingerprint density at radius 3 is 2.69 bits per heavy atom. The van der Waals surface area contributed by atoms with Gasteiger partial charge in [0.05, 0.1) is 36.3 Å². The zero-order valence-corrected chi connectivity index (χ0v) is 16.6. The highest BCUT2D eigenvalue weighted by molar-refractivity contribution is 6.29. The van der Waals surface area contributed by atoms with Crippen molar-refractivity contribution in [2.24, 2.45) is 0 Å². The molecule has 2 atom stereocenters. The second kappa shape index (κ2) is 6.68. The molecule has 4 aromatic rings. The maximum Gasteiger partial charge on any atom is 0.177 e. The van der Waals surface area contributed by atoms with Crippen molar-refractivity contribution in [1.29, 1.82) is 0 Å². The van der Waals surface area contributed by atoms with Crippen LogP contribution in [0.25, 0.3) is 16.6 Å². The van der Waals surface area contributed by atoms with Crippen LogP contribution in [0.3, 0.4) is 0 Å². The van der Waals surface area contributed by atoms with Gasteiger partial charge in [-0.2, -0.15) is 5.10 Å². The zero-order chi connectivity index (χ0) is 19.4. The zero-order valence-electron chi connectivity index (χ0n) is 15.8. The number of para-hydroxylation sites is 1. The lowest BCUT2D eigenvalue weighted by atomic mass is 10.1. The van der Waals surface area contributed by atoms with Crippen LogP contribution in [-0.4, -0.2) is 45.9 Å². The molecule has 0 unspecified atom stereocenters. The van der Waals surface area contributed by atoms with E-state index in [2.05, 4.69) is 34.3 Å². The van der Waals surface area contributed by atoms with Crippen molar-refractivity contribution in [3.8, 4) is 0 Å². The largest absolute Gasteiger partial charge is 0.378 e. The number of pyridine rings is 1. The maximum atomic E-state index is 6.30. The molecule has 2 aliphatic rings. The summed E-state index contributed by atoms with van der Waals surface area (Å²) in [5.74, 6) is 0.786. The van der Waals surface area contributed by atoms with Gasteiger partial charge in [-0.1, -0.05) is 35.9 Å². The number of fused-ring (bicyclic) bond motifs is 2. The summed E-state index contributed by atoms with van der Waals surface area (Å²) in [7, 11) is 0. The molecule has 1 aliphatic carbocycles. The second-order valence-corrected chi connectivity index (χ2v) is 8.15. The highest BCUT2D eigenvalue weighted by Crippen LogP contribution is 2.54. The monoisotopic (exact) mass is 405 g/mol. The molecule has 1 aromatic carbocycles. The third-order valence-electron chi connectivity index (χ3n) is 5.92. The molecule has 3 aromatic heterocycles. The second-order valence-electron chi connectivity index (χ2n) is 7.76. The topological polar surface area (TPSA) is 55.5 Å². The minimum Gasteiger partial charge on any atom is -0.378 e. The normalized spacial score (nSPS) is 21.8. The first-order chi connectivity index (χ1) is 14.3. The van der Waals surface area contributed by atoms with Crippen molar-refractivity contribution in [1.82, 2.24) is 19.6 Å². The Hall–Kier alpha value is -2.70. The van der Waals surface area contributed by atoms with Crippen LogP contribution >= 0.6 is 11.6 Å². The van der Waals surface area contributed by atoms with Gasteiger partial charge in [0, 0.05) is 42.1 Å². The van der Waals surface area contributed by atoms with E-state index in [0.717, 1.165) is 61.0 Å². The number of benzene rings is 1. The Balaban J connectivity index is 1.33. The number of morpholine rings is 1. The van der Waals surface area contributed by atoms with Gasteiger partial charge in [-0.15, -0.1) is 0 Å². The Labute approximate surface area is 173 Å². The van der Waals surface area contributed by atoms with Crippen LogP contribution in [0.1, 0.15) is 29.6 Å². The van der Waals surface area contributed by atoms with Gasteiger partial charge in [0.2, 0.25) is 0 Å². The fourth-order valence-electron chi connectivity index (χ4n) is 4.30. The predicted octanol–water partition coefficient (Wildman–Crippen LogP) is 4.04. The third kappa shape index (κ3) is 3.03. The summed E-state index contributed by atoms with van der Waals surface area (Å²) in [6.07, 6.45) is 3.09. The van der Waals surface area contributed by atoms with Gasteiger partial charge in [-0.05, 0) is 18.6 Å². The number of rotatable bonds is 3. The molecule has 7 heteroatoms. The van der Waals surface area contributed by atoms with Crippen molar-refractivity contribution >= 4 is 33.8 Å². The fourth-order valence-corrected chi connectivity index (χ4v) is 4.49. The van der Waals surface area contributed by atoms with Crippen LogP contribution in [0, 0.1) is 0 Å². The summed E-state index contributed by atoms with van der Waals surface area (Å²) in [5.41, 5.74) is 5.15. The Bertz CT molecular complexity index is 1220. The van der Waals surface area contributed by atoms with E-state index in [0.29, 0.717) is 17.0 Å². The molecule has 29 heavy (non-hydrogen) atoms. The lowest BCUT2D eigenvalue weighted by Crippen LogP contribution is -2.36. The van der Waals surface area contributed by atoms with E-state index in [1.54, 1.807) is 0 Å². The minimum atomic E-state index is 0.377. The molecule has 0 radical (unpaired) electrons. The number of hydrogen-bond acceptors (Lipinski definition) is 5. The van der Waals surface area contributed by atoms with Crippen molar-refractivity contribution in [2.75, 3.05) is 31.2 Å². The standard InChI is InChI=1S/C22H20ClN5O/c23-21-12-20(27-7-9-29-10-8-27)22-25-19(13-28(22)26-21)16-11-15(16)18-6-5-14-3-1-2-4-17(14)24-18/h1-6,12-13,15-16H,7-11H2/t15-,16+/m1/s1. The first-order valence-electron chi connectivity index (χ1n) is 10.0. The third-order valence-corrected chi connectivity index (χ3v) is 6.10. The van der Waals surface area contributed by atoms with Crippen molar-refractivity contribution in [2.45, 2.75) is 18.3 Å². The molecular weight excluding hydrogens is 386 g/mol. The van der Waals surface area contributed by atoms with Gasteiger partial charge >= 0.3 is 0 Å². The van der Waals surface area contributed by atoms with E-state index >= 15 is 0 Å². The molecule has 0 bridgehead atoms. The Kier molecular flexibility index (Phi) is 3.96. The molecule has 2 fully saturated rings. The van der Waals surface area contributed by atoms with Crippen molar-refractivity contribution in [3.05, 3.63) is 65.2 Å². The number of imidazole rings is 1. The van der Waals surface area contributed by atoms with Crippen LogP contribution < -0.4 is 4.90 Å². The number of ether oxygens (including phenoxy) is 1. The molecule has 6 rings (SSSR count). The molecule has 1 saturated heterocycles. The average molecular weight is 406 g/mol. The summed E-state index contributed by atoms with van der Waals surface area (Å²) >= 11 is 6.30. The van der Waals surface area contributed by atoms with E-state index in [1.165, 1.54) is 5.39 Å². The van der Waals surface area contributed by atoms with Gasteiger partial charge < -0.3 is 9.64 Å². The van der Waals surface area contributed by atoms with Gasteiger partial charge in [0.25, 0.3) is 0 Å². The van der Waals surface area contributed by atoms with Crippen LogP contribution in [0.5, 0.6) is 0 Å². The van der Waals surface area contributed by atoms with E-state index < -0.39 is 0 Å². The summed E-state index contributed by atoms with van der Waals surface area (Å²) in [4.78, 5) is 12.1. The summed E-state index contributed by atoms with van der Waals surface area (Å²) in [6.45, 7) is 3.12. The number of hydrogen-bond donors (Lipinski definition) is 0. The van der Waals surface area contributed by atoms with E-state index in [1.807, 2.05) is 28.9 Å². The van der Waals surface area contributed by atoms with Gasteiger partial charge in [-0.25, -0.2) is 9.50 Å². The highest BCUT2D eigenvalue weighted by atomic mass is 35.5. The van der Waals surface area contributed by atoms with E-state index in [9.17, 15) is 0 Å². The molecule has 1 aliphatic heterocycles. The fraction of sp³-hybridized carbons (Fsp3) is 0.318. The molecule has 0 amide bonds. The molecule has 0 N–H and O–H groups in total. The van der Waals surface area contributed by atoms with Gasteiger partial charge in [-0.3, -0.25) is 4.98 Å². The van der Waals surface area contributed by atoms with Crippen LogP contribution in [-0.2, 0) is 4.74 Å². The lowest BCUT2D eigenvalue weighted by molar-refractivity contribution is 0.123. The smallest absolute Gasteiger partial charge is 0.177 e. The number of aromatic nitrogens is 4. The van der Waals surface area contributed by atoms with E-state index in [4.69, 9.17) is 26.3 Å². The molecule has 4 heterocycles. The number of anilines is 1.